The summed E-state index contributed by atoms with van der Waals surface area (Å²) in [7, 11) is 0. The zero-order chi connectivity index (χ0) is 13.8. The Bertz CT molecular complexity index is 554. The standard InChI is InChI=1S/C14H15FN2OS/c1-9(2)13(12-4-3-7-19-12)17-14(18)10-5-6-16-8-11(10)15/h3-9,13H,1-2H3,(H,17,18). The van der Waals surface area contributed by atoms with Crippen molar-refractivity contribution in [3.05, 3.63) is 52.2 Å². The first-order valence-electron chi connectivity index (χ1n) is 6.03. The summed E-state index contributed by atoms with van der Waals surface area (Å²) in [5.74, 6) is -0.784. The molecule has 1 amide bonds. The third-order valence-electron chi connectivity index (χ3n) is 2.82. The lowest BCUT2D eigenvalue weighted by Crippen LogP contribution is -2.31. The van der Waals surface area contributed by atoms with Crippen molar-refractivity contribution in [3.8, 4) is 0 Å². The maximum Gasteiger partial charge on any atom is 0.254 e. The van der Waals surface area contributed by atoms with Crippen LogP contribution in [0.2, 0.25) is 0 Å². The summed E-state index contributed by atoms with van der Waals surface area (Å²) in [6.45, 7) is 4.04. The van der Waals surface area contributed by atoms with Crippen molar-refractivity contribution < 1.29 is 9.18 Å². The van der Waals surface area contributed by atoms with Crippen molar-refractivity contribution in [2.75, 3.05) is 0 Å². The van der Waals surface area contributed by atoms with Crippen LogP contribution < -0.4 is 5.32 Å². The van der Waals surface area contributed by atoms with E-state index in [4.69, 9.17) is 0 Å². The number of nitrogens with zero attached hydrogens (tertiary/aromatic N) is 1. The molecule has 0 aliphatic heterocycles. The van der Waals surface area contributed by atoms with Crippen molar-refractivity contribution in [1.29, 1.82) is 0 Å². The number of pyridine rings is 1. The van der Waals surface area contributed by atoms with Gasteiger partial charge in [-0.05, 0) is 23.4 Å². The maximum absolute atomic E-state index is 13.5. The van der Waals surface area contributed by atoms with Gasteiger partial charge in [-0.1, -0.05) is 19.9 Å². The summed E-state index contributed by atoms with van der Waals surface area (Å²) >= 11 is 1.58. The summed E-state index contributed by atoms with van der Waals surface area (Å²) in [5.41, 5.74) is 0.0252. The highest BCUT2D eigenvalue weighted by Crippen LogP contribution is 2.26. The quantitative estimate of drug-likeness (QED) is 0.931. The van der Waals surface area contributed by atoms with Gasteiger partial charge in [-0.15, -0.1) is 11.3 Å². The highest BCUT2D eigenvalue weighted by atomic mass is 32.1. The lowest BCUT2D eigenvalue weighted by atomic mass is 10.0. The molecule has 0 aliphatic rings. The number of hydrogen-bond acceptors (Lipinski definition) is 3. The fraction of sp³-hybridized carbons (Fsp3) is 0.286. The highest BCUT2D eigenvalue weighted by molar-refractivity contribution is 7.10. The number of nitrogens with one attached hydrogen (secondary N) is 1. The summed E-state index contributed by atoms with van der Waals surface area (Å²) < 4.78 is 13.5. The van der Waals surface area contributed by atoms with Crippen LogP contribution in [0.5, 0.6) is 0 Å². The lowest BCUT2D eigenvalue weighted by molar-refractivity contribution is 0.0922. The second kappa shape index (κ2) is 5.93. The zero-order valence-corrected chi connectivity index (χ0v) is 11.6. The van der Waals surface area contributed by atoms with Crippen molar-refractivity contribution in [1.82, 2.24) is 10.3 Å². The van der Waals surface area contributed by atoms with Crippen LogP contribution in [0.4, 0.5) is 4.39 Å². The summed E-state index contributed by atoms with van der Waals surface area (Å²) in [5, 5.41) is 4.84. The van der Waals surface area contributed by atoms with Crippen LogP contribution in [-0.4, -0.2) is 10.9 Å². The molecular weight excluding hydrogens is 263 g/mol. The summed E-state index contributed by atoms with van der Waals surface area (Å²) in [6.07, 6.45) is 2.46. The third-order valence-corrected chi connectivity index (χ3v) is 3.78. The molecule has 2 rings (SSSR count). The molecule has 2 aromatic heterocycles. The number of carbonyl (C=O) groups excluding carboxylic acids is 1. The van der Waals surface area contributed by atoms with Crippen LogP contribution in [0.15, 0.2) is 36.0 Å². The molecule has 1 N–H and O–H groups in total. The van der Waals surface area contributed by atoms with E-state index >= 15 is 0 Å². The first-order valence-corrected chi connectivity index (χ1v) is 6.91. The van der Waals surface area contributed by atoms with Gasteiger partial charge < -0.3 is 5.32 Å². The first-order chi connectivity index (χ1) is 9.09. The van der Waals surface area contributed by atoms with Crippen LogP contribution >= 0.6 is 11.3 Å². The van der Waals surface area contributed by atoms with E-state index in [0.29, 0.717) is 0 Å². The predicted octanol–water partition coefficient (Wildman–Crippen LogP) is 3.41. The number of rotatable bonds is 4. The van der Waals surface area contributed by atoms with E-state index in [-0.39, 0.29) is 17.5 Å². The van der Waals surface area contributed by atoms with E-state index in [2.05, 4.69) is 10.3 Å². The molecule has 0 saturated carbocycles. The van der Waals surface area contributed by atoms with Gasteiger partial charge in [0.15, 0.2) is 5.82 Å². The van der Waals surface area contributed by atoms with Gasteiger partial charge in [0.25, 0.3) is 5.91 Å². The topological polar surface area (TPSA) is 42.0 Å². The Labute approximate surface area is 115 Å². The number of thiophene rings is 1. The average Bonchev–Trinajstić information content (AvgIpc) is 2.89. The Morgan fingerprint density at radius 1 is 1.42 bits per heavy atom. The fourth-order valence-corrected chi connectivity index (χ4v) is 2.76. The minimum Gasteiger partial charge on any atom is -0.344 e. The van der Waals surface area contributed by atoms with Gasteiger partial charge in [0.1, 0.15) is 0 Å². The Morgan fingerprint density at radius 3 is 2.79 bits per heavy atom. The average molecular weight is 278 g/mol. The molecule has 1 unspecified atom stereocenters. The van der Waals surface area contributed by atoms with Crippen LogP contribution in [0, 0.1) is 11.7 Å². The van der Waals surface area contributed by atoms with E-state index < -0.39 is 11.7 Å². The molecule has 0 spiro atoms. The van der Waals surface area contributed by atoms with E-state index in [1.807, 2.05) is 31.4 Å². The molecule has 19 heavy (non-hydrogen) atoms. The van der Waals surface area contributed by atoms with Crippen LogP contribution in [0.3, 0.4) is 0 Å². The molecule has 2 aromatic rings. The minimum atomic E-state index is -0.603. The molecule has 1 atom stereocenters. The number of halogens is 1. The van der Waals surface area contributed by atoms with Crippen LogP contribution in [0.1, 0.15) is 35.1 Å². The smallest absolute Gasteiger partial charge is 0.254 e. The molecule has 0 fully saturated rings. The molecule has 0 aromatic carbocycles. The second-order valence-electron chi connectivity index (χ2n) is 4.57. The predicted molar refractivity (Wildman–Crippen MR) is 73.6 cm³/mol. The largest absolute Gasteiger partial charge is 0.344 e. The Morgan fingerprint density at radius 2 is 2.21 bits per heavy atom. The summed E-state index contributed by atoms with van der Waals surface area (Å²) in [6, 6.07) is 5.18. The van der Waals surface area contributed by atoms with Gasteiger partial charge in [0.2, 0.25) is 0 Å². The second-order valence-corrected chi connectivity index (χ2v) is 5.55. The van der Waals surface area contributed by atoms with Gasteiger partial charge in [0, 0.05) is 11.1 Å². The Kier molecular flexibility index (Phi) is 4.27. The van der Waals surface area contributed by atoms with Gasteiger partial charge in [-0.25, -0.2) is 4.39 Å². The number of carbonyl (C=O) groups is 1. The first kappa shape index (κ1) is 13.7. The Balaban J connectivity index is 2.19. The van der Waals surface area contributed by atoms with E-state index in [9.17, 15) is 9.18 Å². The lowest BCUT2D eigenvalue weighted by Gasteiger charge is -2.21. The molecule has 3 nitrogen and oxygen atoms in total. The molecule has 100 valence electrons. The molecule has 0 saturated heterocycles. The molecule has 0 radical (unpaired) electrons. The maximum atomic E-state index is 13.5. The van der Waals surface area contributed by atoms with Crippen LogP contribution in [-0.2, 0) is 0 Å². The number of aromatic nitrogens is 1. The Hall–Kier alpha value is -1.75. The molecule has 0 aliphatic carbocycles. The monoisotopic (exact) mass is 278 g/mol. The summed E-state index contributed by atoms with van der Waals surface area (Å²) in [4.78, 5) is 16.8. The molecule has 5 heteroatoms. The van der Waals surface area contributed by atoms with E-state index in [1.165, 1.54) is 12.3 Å². The van der Waals surface area contributed by atoms with Gasteiger partial charge >= 0.3 is 0 Å². The van der Waals surface area contributed by atoms with E-state index in [0.717, 1.165) is 11.1 Å². The van der Waals surface area contributed by atoms with Crippen molar-refractivity contribution in [2.45, 2.75) is 19.9 Å². The van der Waals surface area contributed by atoms with Gasteiger partial charge in [-0.2, -0.15) is 0 Å². The minimum absolute atomic E-state index is 0.0252. The van der Waals surface area contributed by atoms with Crippen LogP contribution in [0.25, 0.3) is 0 Å². The van der Waals surface area contributed by atoms with Crippen molar-refractivity contribution in [2.24, 2.45) is 5.92 Å². The number of hydrogen-bond donors (Lipinski definition) is 1. The van der Waals surface area contributed by atoms with Crippen molar-refractivity contribution in [3.63, 3.8) is 0 Å². The molecule has 2 heterocycles. The normalized spacial score (nSPS) is 12.4. The molecular formula is C14H15FN2OS. The third kappa shape index (κ3) is 3.17. The van der Waals surface area contributed by atoms with E-state index in [1.54, 1.807) is 11.3 Å². The fourth-order valence-electron chi connectivity index (χ4n) is 1.81. The highest BCUT2D eigenvalue weighted by Gasteiger charge is 2.21. The number of amides is 1. The zero-order valence-electron chi connectivity index (χ0n) is 10.8. The van der Waals surface area contributed by atoms with Gasteiger partial charge in [-0.3, -0.25) is 9.78 Å². The SMILES string of the molecule is CC(C)C(NC(=O)c1ccncc1F)c1cccs1. The molecule has 0 bridgehead atoms. The van der Waals surface area contributed by atoms with Gasteiger partial charge in [0.05, 0.1) is 17.8 Å². The van der Waals surface area contributed by atoms with Crippen molar-refractivity contribution >= 4 is 17.2 Å².